The molecule has 0 aliphatic carbocycles. The number of nitrogens with zero attached hydrogens (tertiary/aromatic N) is 2. The topological polar surface area (TPSA) is 96.0 Å². The zero-order valence-electron chi connectivity index (χ0n) is 24.1. The summed E-state index contributed by atoms with van der Waals surface area (Å²) >= 11 is 0. The van der Waals surface area contributed by atoms with E-state index >= 15 is 0 Å². The number of nitrogens with one attached hydrogen (secondary N) is 1. The number of halogens is 1. The van der Waals surface area contributed by atoms with Crippen molar-refractivity contribution in [2.75, 3.05) is 17.5 Å². The molecule has 0 bridgehead atoms. The monoisotopic (exact) mass is 583 g/mol. The predicted octanol–water partition coefficient (Wildman–Crippen LogP) is 5.06. The lowest BCUT2D eigenvalue weighted by Gasteiger charge is -2.32. The maximum absolute atomic E-state index is 13.9. The fourth-order valence-corrected chi connectivity index (χ4v) is 5.49. The van der Waals surface area contributed by atoms with E-state index in [1.165, 1.54) is 41.3 Å². The van der Waals surface area contributed by atoms with Crippen LogP contribution in [0.1, 0.15) is 45.2 Å². The first-order valence-corrected chi connectivity index (χ1v) is 15.1. The quantitative estimate of drug-likeness (QED) is 0.304. The molecule has 3 aromatic rings. The van der Waals surface area contributed by atoms with Gasteiger partial charge in [-0.2, -0.15) is 0 Å². The van der Waals surface area contributed by atoms with Crippen LogP contribution in [-0.4, -0.2) is 50.4 Å². The number of aryl methyl sites for hydroxylation is 1. The third kappa shape index (κ3) is 8.29. The van der Waals surface area contributed by atoms with Gasteiger partial charge >= 0.3 is 0 Å². The standard InChI is InChI=1S/C31H38FN3O5S/c1-6-23(4)33-31(37)24(5)34(20-25-10-12-26(32)13-11-25)30(36)21-35(27-14-8-22(3)9-15-27)41(38,39)29-18-16-28(17-19-29)40-7-2/h8-19,23-24H,6-7,20-21H2,1-5H3,(H,33,37)/t23-,24+/m0/s1. The average Bonchev–Trinajstić information content (AvgIpc) is 2.96. The van der Waals surface area contributed by atoms with Gasteiger partial charge in [-0.3, -0.25) is 13.9 Å². The molecule has 10 heteroatoms. The van der Waals surface area contributed by atoms with Gasteiger partial charge in [0.2, 0.25) is 11.8 Å². The molecule has 0 aliphatic rings. The molecule has 41 heavy (non-hydrogen) atoms. The summed E-state index contributed by atoms with van der Waals surface area (Å²) in [7, 11) is -4.19. The first-order valence-electron chi connectivity index (χ1n) is 13.6. The molecule has 0 unspecified atom stereocenters. The highest BCUT2D eigenvalue weighted by atomic mass is 32.2. The highest BCUT2D eigenvalue weighted by Gasteiger charge is 2.32. The van der Waals surface area contributed by atoms with Gasteiger partial charge in [0.05, 0.1) is 17.2 Å². The molecule has 0 spiro atoms. The Hall–Kier alpha value is -3.92. The molecule has 0 saturated heterocycles. The Labute approximate surface area is 242 Å². The number of benzene rings is 3. The third-order valence-corrected chi connectivity index (χ3v) is 8.55. The summed E-state index contributed by atoms with van der Waals surface area (Å²) in [5, 5.41) is 2.89. The van der Waals surface area contributed by atoms with Crippen LogP contribution in [0.4, 0.5) is 10.1 Å². The Morgan fingerprint density at radius 2 is 1.54 bits per heavy atom. The second-order valence-electron chi connectivity index (χ2n) is 9.89. The first-order chi connectivity index (χ1) is 19.5. The van der Waals surface area contributed by atoms with Crippen molar-refractivity contribution in [3.63, 3.8) is 0 Å². The van der Waals surface area contributed by atoms with Crippen molar-refractivity contribution in [2.45, 2.75) is 64.6 Å². The molecule has 8 nitrogen and oxygen atoms in total. The summed E-state index contributed by atoms with van der Waals surface area (Å²) in [5.74, 6) is -0.862. The number of carbonyl (C=O) groups excluding carboxylic acids is 2. The van der Waals surface area contributed by atoms with Crippen molar-refractivity contribution >= 4 is 27.5 Å². The molecule has 3 aromatic carbocycles. The van der Waals surface area contributed by atoms with Gasteiger partial charge in [0.1, 0.15) is 24.2 Å². The van der Waals surface area contributed by atoms with E-state index in [0.717, 1.165) is 9.87 Å². The Kier molecular flexibility index (Phi) is 10.9. The van der Waals surface area contributed by atoms with Crippen molar-refractivity contribution in [2.24, 2.45) is 0 Å². The molecule has 1 N–H and O–H groups in total. The van der Waals surface area contributed by atoms with Crippen LogP contribution in [0.2, 0.25) is 0 Å². The lowest BCUT2D eigenvalue weighted by atomic mass is 10.1. The molecule has 0 aliphatic heterocycles. The van der Waals surface area contributed by atoms with Gasteiger partial charge in [0.25, 0.3) is 10.0 Å². The largest absolute Gasteiger partial charge is 0.494 e. The summed E-state index contributed by atoms with van der Waals surface area (Å²) in [5.41, 5.74) is 1.82. The summed E-state index contributed by atoms with van der Waals surface area (Å²) in [6.45, 7) is 8.96. The van der Waals surface area contributed by atoms with E-state index < -0.39 is 34.3 Å². The van der Waals surface area contributed by atoms with Crippen LogP contribution in [0, 0.1) is 12.7 Å². The van der Waals surface area contributed by atoms with Crippen molar-refractivity contribution in [3.8, 4) is 5.75 Å². The van der Waals surface area contributed by atoms with Crippen LogP contribution < -0.4 is 14.4 Å². The minimum Gasteiger partial charge on any atom is -0.494 e. The Balaban J connectivity index is 2.01. The van der Waals surface area contributed by atoms with E-state index in [4.69, 9.17) is 4.74 Å². The average molecular weight is 584 g/mol. The van der Waals surface area contributed by atoms with Crippen LogP contribution in [0.25, 0.3) is 0 Å². The van der Waals surface area contributed by atoms with E-state index in [1.54, 1.807) is 43.3 Å². The lowest BCUT2D eigenvalue weighted by molar-refractivity contribution is -0.139. The number of sulfonamides is 1. The molecule has 2 atom stereocenters. The second-order valence-corrected chi connectivity index (χ2v) is 11.8. The van der Waals surface area contributed by atoms with Gasteiger partial charge in [-0.05, 0) is 88.2 Å². The van der Waals surface area contributed by atoms with Gasteiger partial charge < -0.3 is 15.0 Å². The van der Waals surface area contributed by atoms with Crippen molar-refractivity contribution < 1.29 is 27.1 Å². The van der Waals surface area contributed by atoms with Crippen LogP contribution in [0.5, 0.6) is 5.75 Å². The van der Waals surface area contributed by atoms with E-state index in [9.17, 15) is 22.4 Å². The van der Waals surface area contributed by atoms with Gasteiger partial charge in [-0.1, -0.05) is 36.8 Å². The lowest BCUT2D eigenvalue weighted by Crippen LogP contribution is -2.52. The van der Waals surface area contributed by atoms with Gasteiger partial charge in [-0.15, -0.1) is 0 Å². The van der Waals surface area contributed by atoms with E-state index in [-0.39, 0.29) is 23.4 Å². The molecule has 0 saturated carbocycles. The van der Waals surface area contributed by atoms with E-state index in [2.05, 4.69) is 5.32 Å². The second kappa shape index (κ2) is 14.1. The fourth-order valence-electron chi connectivity index (χ4n) is 4.08. The van der Waals surface area contributed by atoms with Gasteiger partial charge in [0.15, 0.2) is 0 Å². The van der Waals surface area contributed by atoms with Crippen LogP contribution in [0.15, 0.2) is 77.7 Å². The van der Waals surface area contributed by atoms with Crippen LogP contribution >= 0.6 is 0 Å². The van der Waals surface area contributed by atoms with Crippen LogP contribution in [0.3, 0.4) is 0 Å². The van der Waals surface area contributed by atoms with Crippen molar-refractivity contribution in [1.29, 1.82) is 0 Å². The summed E-state index contributed by atoms with van der Waals surface area (Å²) < 4.78 is 47.9. The zero-order valence-corrected chi connectivity index (χ0v) is 24.9. The Morgan fingerprint density at radius 1 is 0.927 bits per heavy atom. The van der Waals surface area contributed by atoms with Crippen LogP contribution in [-0.2, 0) is 26.2 Å². The Morgan fingerprint density at radius 3 is 2.10 bits per heavy atom. The molecule has 0 fully saturated rings. The van der Waals surface area contributed by atoms with Gasteiger partial charge in [-0.25, -0.2) is 12.8 Å². The van der Waals surface area contributed by atoms with Crippen molar-refractivity contribution in [3.05, 3.63) is 89.7 Å². The molecular weight excluding hydrogens is 545 g/mol. The number of amides is 2. The number of ether oxygens (including phenoxy) is 1. The Bertz CT molecular complexity index is 1410. The van der Waals surface area contributed by atoms with E-state index in [0.29, 0.717) is 30.0 Å². The maximum atomic E-state index is 13.9. The summed E-state index contributed by atoms with van der Waals surface area (Å²) in [6, 6.07) is 17.4. The molecular formula is C31H38FN3O5S. The molecule has 0 heterocycles. The SMILES string of the molecule is CCOc1ccc(S(=O)(=O)N(CC(=O)N(Cc2ccc(F)cc2)[C@H](C)C(=O)N[C@@H](C)CC)c2ccc(C)cc2)cc1. The first kappa shape index (κ1) is 31.6. The minimum atomic E-state index is -4.19. The number of hydrogen-bond donors (Lipinski definition) is 1. The summed E-state index contributed by atoms with van der Waals surface area (Å²) in [6.07, 6.45) is 0.700. The predicted molar refractivity (Wildman–Crippen MR) is 158 cm³/mol. The third-order valence-electron chi connectivity index (χ3n) is 6.76. The normalized spacial score (nSPS) is 12.7. The highest BCUT2D eigenvalue weighted by Crippen LogP contribution is 2.26. The maximum Gasteiger partial charge on any atom is 0.264 e. The zero-order chi connectivity index (χ0) is 30.2. The molecule has 220 valence electrons. The molecule has 0 radical (unpaired) electrons. The fraction of sp³-hybridized carbons (Fsp3) is 0.355. The number of hydrogen-bond acceptors (Lipinski definition) is 5. The summed E-state index contributed by atoms with van der Waals surface area (Å²) in [4.78, 5) is 28.3. The molecule has 0 aromatic heterocycles. The minimum absolute atomic E-state index is 0.0121. The van der Waals surface area contributed by atoms with E-state index in [1.807, 2.05) is 27.7 Å². The number of carbonyl (C=O) groups is 2. The number of rotatable bonds is 13. The highest BCUT2D eigenvalue weighted by molar-refractivity contribution is 7.92. The molecule has 2 amide bonds. The molecule has 3 rings (SSSR count). The van der Waals surface area contributed by atoms with Gasteiger partial charge in [0, 0.05) is 12.6 Å². The van der Waals surface area contributed by atoms with Crippen molar-refractivity contribution in [1.82, 2.24) is 10.2 Å². The smallest absolute Gasteiger partial charge is 0.264 e. The number of anilines is 1.